The molecule has 1 atom stereocenters. The Morgan fingerprint density at radius 1 is 1.50 bits per heavy atom. The summed E-state index contributed by atoms with van der Waals surface area (Å²) in [5.74, 6) is 0.161. The van der Waals surface area contributed by atoms with Gasteiger partial charge in [0.1, 0.15) is 5.01 Å². The van der Waals surface area contributed by atoms with Gasteiger partial charge in [-0.2, -0.15) is 0 Å². The molecule has 1 aliphatic heterocycles. The zero-order valence-electron chi connectivity index (χ0n) is 11.8. The molecule has 2 aromatic rings. The van der Waals surface area contributed by atoms with Crippen molar-refractivity contribution in [1.29, 1.82) is 0 Å². The molecule has 1 amide bonds. The Morgan fingerprint density at radius 2 is 2.30 bits per heavy atom. The maximum atomic E-state index is 12.5. The third kappa shape index (κ3) is 2.43. The van der Waals surface area contributed by atoms with Gasteiger partial charge in [-0.25, -0.2) is 4.98 Å². The number of rotatable bonds is 3. The van der Waals surface area contributed by atoms with Gasteiger partial charge in [-0.3, -0.25) is 4.79 Å². The van der Waals surface area contributed by atoms with Crippen molar-refractivity contribution in [3.63, 3.8) is 0 Å². The highest BCUT2D eigenvalue weighted by atomic mass is 32.1. The third-order valence-electron chi connectivity index (χ3n) is 3.90. The molecule has 20 heavy (non-hydrogen) atoms. The minimum Gasteiger partial charge on any atom is -0.337 e. The monoisotopic (exact) mass is 289 g/mol. The van der Waals surface area contributed by atoms with Crippen LogP contribution in [0.1, 0.15) is 24.8 Å². The van der Waals surface area contributed by atoms with Gasteiger partial charge in [0.15, 0.2) is 0 Å². The maximum absolute atomic E-state index is 12.5. The molecular formula is C15H19N3OS. The lowest BCUT2D eigenvalue weighted by Gasteiger charge is -2.28. The van der Waals surface area contributed by atoms with Crippen molar-refractivity contribution in [2.75, 3.05) is 13.6 Å². The first-order valence-corrected chi connectivity index (χ1v) is 7.75. The van der Waals surface area contributed by atoms with E-state index in [-0.39, 0.29) is 5.91 Å². The first-order valence-electron chi connectivity index (χ1n) is 6.93. The zero-order chi connectivity index (χ0) is 14.2. The number of fused-ring (bicyclic) bond motifs is 1. The molecule has 2 heterocycles. The van der Waals surface area contributed by atoms with Crippen LogP contribution < -0.4 is 5.32 Å². The predicted molar refractivity (Wildman–Crippen MR) is 81.7 cm³/mol. The third-order valence-corrected chi connectivity index (χ3v) is 4.92. The standard InChI is InChI=1S/C15H19N3OS/c1-15(8-5-9-16-15)14(19)18(2)10-13-17-11-6-3-4-7-12(11)20-13/h3-4,6-7,16H,5,8-10H2,1-2H3. The van der Waals surface area contributed by atoms with Crippen molar-refractivity contribution >= 4 is 27.5 Å². The molecule has 0 spiro atoms. The molecule has 0 bridgehead atoms. The number of benzene rings is 1. The molecule has 1 aliphatic rings. The second kappa shape index (κ2) is 5.14. The molecule has 5 heteroatoms. The Hall–Kier alpha value is -1.46. The summed E-state index contributed by atoms with van der Waals surface area (Å²) < 4.78 is 1.17. The number of aromatic nitrogens is 1. The molecule has 0 radical (unpaired) electrons. The summed E-state index contributed by atoms with van der Waals surface area (Å²) in [6, 6.07) is 8.09. The normalized spacial score (nSPS) is 22.3. The molecular weight excluding hydrogens is 270 g/mol. The van der Waals surface area contributed by atoms with E-state index in [1.54, 1.807) is 16.2 Å². The molecule has 0 aliphatic carbocycles. The van der Waals surface area contributed by atoms with E-state index in [0.717, 1.165) is 29.9 Å². The highest BCUT2D eigenvalue weighted by Gasteiger charge is 2.37. The van der Waals surface area contributed by atoms with Gasteiger partial charge in [0.05, 0.1) is 22.3 Å². The molecule has 0 saturated carbocycles. The van der Waals surface area contributed by atoms with Gasteiger partial charge in [-0.05, 0) is 38.4 Å². The Morgan fingerprint density at radius 3 is 3.00 bits per heavy atom. The molecule has 4 nitrogen and oxygen atoms in total. The number of carbonyl (C=O) groups is 1. The van der Waals surface area contributed by atoms with Crippen LogP contribution >= 0.6 is 11.3 Å². The Bertz CT molecular complexity index is 598. The van der Waals surface area contributed by atoms with E-state index in [2.05, 4.69) is 16.4 Å². The van der Waals surface area contributed by atoms with Crippen LogP contribution in [0.3, 0.4) is 0 Å². The fraction of sp³-hybridized carbons (Fsp3) is 0.467. The molecule has 1 aromatic heterocycles. The summed E-state index contributed by atoms with van der Waals surface area (Å²) in [4.78, 5) is 18.9. The summed E-state index contributed by atoms with van der Waals surface area (Å²) in [7, 11) is 1.86. The van der Waals surface area contributed by atoms with Crippen LogP contribution in [0.15, 0.2) is 24.3 Å². The molecule has 1 saturated heterocycles. The quantitative estimate of drug-likeness (QED) is 0.943. The zero-order valence-corrected chi connectivity index (χ0v) is 12.7. The van der Waals surface area contributed by atoms with Gasteiger partial charge >= 0.3 is 0 Å². The van der Waals surface area contributed by atoms with Gasteiger partial charge in [-0.1, -0.05) is 12.1 Å². The lowest BCUT2D eigenvalue weighted by atomic mass is 9.99. The van der Waals surface area contributed by atoms with Crippen LogP contribution in [0, 0.1) is 0 Å². The second-order valence-electron chi connectivity index (χ2n) is 5.60. The van der Waals surface area contributed by atoms with E-state index in [9.17, 15) is 4.79 Å². The van der Waals surface area contributed by atoms with Crippen molar-refractivity contribution in [2.45, 2.75) is 31.8 Å². The topological polar surface area (TPSA) is 45.2 Å². The van der Waals surface area contributed by atoms with E-state index in [1.165, 1.54) is 4.70 Å². The predicted octanol–water partition coefficient (Wildman–Crippen LogP) is 2.40. The highest BCUT2D eigenvalue weighted by Crippen LogP contribution is 2.25. The Balaban J connectivity index is 1.75. The van der Waals surface area contributed by atoms with Crippen molar-refractivity contribution in [3.05, 3.63) is 29.3 Å². The average Bonchev–Trinajstić information content (AvgIpc) is 3.04. The van der Waals surface area contributed by atoms with Gasteiger partial charge < -0.3 is 10.2 Å². The number of hydrogen-bond acceptors (Lipinski definition) is 4. The minimum absolute atomic E-state index is 0.161. The van der Waals surface area contributed by atoms with Gasteiger partial charge in [0, 0.05) is 7.05 Å². The van der Waals surface area contributed by atoms with Crippen LogP contribution in [-0.2, 0) is 11.3 Å². The van der Waals surface area contributed by atoms with Crippen LogP contribution in [0.25, 0.3) is 10.2 Å². The van der Waals surface area contributed by atoms with E-state index in [4.69, 9.17) is 0 Å². The van der Waals surface area contributed by atoms with Crippen molar-refractivity contribution in [3.8, 4) is 0 Å². The van der Waals surface area contributed by atoms with Crippen molar-refractivity contribution in [2.24, 2.45) is 0 Å². The van der Waals surface area contributed by atoms with Crippen LogP contribution in [0.5, 0.6) is 0 Å². The second-order valence-corrected chi connectivity index (χ2v) is 6.71. The first-order chi connectivity index (χ1) is 9.58. The fourth-order valence-electron chi connectivity index (χ4n) is 2.76. The molecule has 3 rings (SSSR count). The molecule has 1 fully saturated rings. The summed E-state index contributed by atoms with van der Waals surface area (Å²) in [5, 5.41) is 4.31. The van der Waals surface area contributed by atoms with E-state index in [1.807, 2.05) is 32.2 Å². The molecule has 106 valence electrons. The van der Waals surface area contributed by atoms with Gasteiger partial charge in [-0.15, -0.1) is 11.3 Å². The number of hydrogen-bond donors (Lipinski definition) is 1. The molecule has 1 N–H and O–H groups in total. The Labute approximate surface area is 122 Å². The van der Waals surface area contributed by atoms with E-state index >= 15 is 0 Å². The SMILES string of the molecule is CN(Cc1nc2ccccc2s1)C(=O)C1(C)CCCN1. The Kier molecular flexibility index (Phi) is 3.48. The summed E-state index contributed by atoms with van der Waals surface area (Å²) >= 11 is 1.66. The lowest BCUT2D eigenvalue weighted by molar-refractivity contribution is -0.136. The summed E-state index contributed by atoms with van der Waals surface area (Å²) in [6.45, 7) is 3.50. The van der Waals surface area contributed by atoms with Crippen molar-refractivity contribution < 1.29 is 4.79 Å². The summed E-state index contributed by atoms with van der Waals surface area (Å²) in [5.41, 5.74) is 0.615. The fourth-order valence-corrected chi connectivity index (χ4v) is 3.78. The minimum atomic E-state index is -0.397. The van der Waals surface area contributed by atoms with Crippen LogP contribution in [0.4, 0.5) is 0 Å². The number of nitrogens with one attached hydrogen (secondary N) is 1. The average molecular weight is 289 g/mol. The highest BCUT2D eigenvalue weighted by molar-refractivity contribution is 7.18. The van der Waals surface area contributed by atoms with Crippen LogP contribution in [-0.4, -0.2) is 34.9 Å². The number of thiazole rings is 1. The number of carbonyl (C=O) groups excluding carboxylic acids is 1. The van der Waals surface area contributed by atoms with Crippen LogP contribution in [0.2, 0.25) is 0 Å². The van der Waals surface area contributed by atoms with E-state index in [0.29, 0.717) is 6.54 Å². The maximum Gasteiger partial charge on any atom is 0.242 e. The smallest absolute Gasteiger partial charge is 0.242 e. The van der Waals surface area contributed by atoms with Gasteiger partial charge in [0.25, 0.3) is 0 Å². The molecule has 1 aromatic carbocycles. The summed E-state index contributed by atoms with van der Waals surface area (Å²) in [6.07, 6.45) is 1.98. The largest absolute Gasteiger partial charge is 0.337 e. The van der Waals surface area contributed by atoms with Gasteiger partial charge in [0.2, 0.25) is 5.91 Å². The van der Waals surface area contributed by atoms with Crippen molar-refractivity contribution in [1.82, 2.24) is 15.2 Å². The first kappa shape index (κ1) is 13.5. The number of amides is 1. The van der Waals surface area contributed by atoms with E-state index < -0.39 is 5.54 Å². The molecule has 1 unspecified atom stereocenters. The number of para-hydroxylation sites is 1. The number of nitrogens with zero attached hydrogens (tertiary/aromatic N) is 2. The lowest BCUT2D eigenvalue weighted by Crippen LogP contribution is -2.51. The number of likely N-dealkylation sites (N-methyl/N-ethyl adjacent to an activating group) is 1.